The smallest absolute Gasteiger partial charge is 0.119 e. The zero-order chi connectivity index (χ0) is 9.23. The first-order valence-corrected chi connectivity index (χ1v) is 4.89. The molecule has 0 bridgehead atoms. The fraction of sp³-hybridized carbons (Fsp3) is 0.818. The van der Waals surface area contributed by atoms with E-state index >= 15 is 0 Å². The maximum atomic E-state index is 7.00. The van der Waals surface area contributed by atoms with E-state index in [1.54, 1.807) is 0 Å². The van der Waals surface area contributed by atoms with Gasteiger partial charge in [0.25, 0.3) is 0 Å². The molecule has 1 unspecified atom stereocenters. The Morgan fingerprint density at radius 2 is 1.92 bits per heavy atom. The van der Waals surface area contributed by atoms with E-state index < -0.39 is 0 Å². The van der Waals surface area contributed by atoms with Gasteiger partial charge < -0.3 is 4.74 Å². The van der Waals surface area contributed by atoms with Crippen molar-refractivity contribution in [2.24, 2.45) is 0 Å². The van der Waals surface area contributed by atoms with Crippen LogP contribution in [0.5, 0.6) is 0 Å². The molecule has 0 saturated carbocycles. The summed E-state index contributed by atoms with van der Waals surface area (Å²) in [7, 11) is 0. The topological polar surface area (TPSA) is 9.23 Å². The Morgan fingerprint density at radius 1 is 1.25 bits per heavy atom. The van der Waals surface area contributed by atoms with Crippen LogP contribution in [0.4, 0.5) is 0 Å². The van der Waals surface area contributed by atoms with Crippen molar-refractivity contribution in [3.8, 4) is 5.92 Å². The van der Waals surface area contributed by atoms with Crippen molar-refractivity contribution in [3.05, 3.63) is 6.42 Å². The minimum Gasteiger partial charge on any atom is -0.365 e. The third kappa shape index (κ3) is 6.24. The monoisotopic (exact) mass is 167 g/mol. The van der Waals surface area contributed by atoms with Crippen LogP contribution in [0, 0.1) is 12.3 Å². The minimum atomic E-state index is -0.0588. The molecule has 0 rings (SSSR count). The molecule has 0 aliphatic carbocycles. The summed E-state index contributed by atoms with van der Waals surface area (Å²) < 4.78 is 5.44. The van der Waals surface area contributed by atoms with Crippen molar-refractivity contribution in [2.75, 3.05) is 6.61 Å². The van der Waals surface area contributed by atoms with E-state index in [0.29, 0.717) is 0 Å². The normalized spacial score (nSPS) is 12.4. The van der Waals surface area contributed by atoms with Gasteiger partial charge in [-0.15, -0.1) is 0 Å². The van der Waals surface area contributed by atoms with Crippen molar-refractivity contribution >= 4 is 0 Å². The summed E-state index contributed by atoms with van der Waals surface area (Å²) in [6.45, 7) is 5.06. The maximum Gasteiger partial charge on any atom is 0.119 e. The highest BCUT2D eigenvalue weighted by atomic mass is 16.5. The first-order valence-electron chi connectivity index (χ1n) is 4.89. The molecule has 0 spiro atoms. The van der Waals surface area contributed by atoms with Crippen LogP contribution in [0.3, 0.4) is 0 Å². The summed E-state index contributed by atoms with van der Waals surface area (Å²) in [6, 6.07) is 0. The molecule has 0 aliphatic heterocycles. The van der Waals surface area contributed by atoms with Crippen molar-refractivity contribution in [2.45, 2.75) is 52.1 Å². The van der Waals surface area contributed by atoms with E-state index in [9.17, 15) is 0 Å². The maximum absolute atomic E-state index is 7.00. The standard InChI is InChI=1S/C11H19O/c1-4-7-9-11(6-3)12-10-8-5-2/h11H,4-5,7-10H2,1-2H3. The van der Waals surface area contributed by atoms with Crippen LogP contribution < -0.4 is 0 Å². The van der Waals surface area contributed by atoms with Crippen molar-refractivity contribution in [1.29, 1.82) is 0 Å². The van der Waals surface area contributed by atoms with Crippen LogP contribution in [-0.4, -0.2) is 12.7 Å². The molecule has 0 aromatic rings. The second-order valence-electron chi connectivity index (χ2n) is 3.00. The van der Waals surface area contributed by atoms with Gasteiger partial charge in [0.1, 0.15) is 6.10 Å². The molecule has 0 aromatic carbocycles. The molecule has 1 nitrogen and oxygen atoms in total. The van der Waals surface area contributed by atoms with Gasteiger partial charge in [0.15, 0.2) is 0 Å². The summed E-state index contributed by atoms with van der Waals surface area (Å²) in [6.07, 6.45) is 12.4. The van der Waals surface area contributed by atoms with E-state index in [4.69, 9.17) is 11.2 Å². The van der Waals surface area contributed by atoms with E-state index in [1.165, 1.54) is 0 Å². The molecule has 0 aliphatic rings. The van der Waals surface area contributed by atoms with Gasteiger partial charge in [0.2, 0.25) is 0 Å². The molecular weight excluding hydrogens is 148 g/mol. The third-order valence-corrected chi connectivity index (χ3v) is 1.80. The minimum absolute atomic E-state index is 0.0588. The summed E-state index contributed by atoms with van der Waals surface area (Å²) in [5, 5.41) is 0. The Hall–Kier alpha value is -0.480. The van der Waals surface area contributed by atoms with Gasteiger partial charge in [0.05, 0.1) is 0 Å². The van der Waals surface area contributed by atoms with Crippen LogP contribution in [0.2, 0.25) is 0 Å². The van der Waals surface area contributed by atoms with Gasteiger partial charge in [-0.1, -0.05) is 39.0 Å². The van der Waals surface area contributed by atoms with Gasteiger partial charge in [-0.25, -0.2) is 0 Å². The molecule has 1 heteroatoms. The molecule has 0 heterocycles. The molecule has 0 fully saturated rings. The Bertz CT molecular complexity index is 123. The highest BCUT2D eigenvalue weighted by Crippen LogP contribution is 2.04. The average molecular weight is 167 g/mol. The summed E-state index contributed by atoms with van der Waals surface area (Å²) >= 11 is 0. The number of hydrogen-bond donors (Lipinski definition) is 0. The Kier molecular flexibility index (Phi) is 8.27. The number of ether oxygens (including phenoxy) is 1. The highest BCUT2D eigenvalue weighted by molar-refractivity contribution is 4.88. The van der Waals surface area contributed by atoms with E-state index in [1.807, 2.05) is 0 Å². The average Bonchev–Trinajstić information content (AvgIpc) is 2.11. The van der Waals surface area contributed by atoms with Crippen LogP contribution in [0.25, 0.3) is 0 Å². The molecular formula is C11H19O. The molecule has 0 N–H and O–H groups in total. The summed E-state index contributed by atoms with van der Waals surface area (Å²) in [4.78, 5) is 0. The van der Waals surface area contributed by atoms with Gasteiger partial charge in [-0.2, -0.15) is 0 Å². The predicted molar refractivity (Wildman–Crippen MR) is 51.3 cm³/mol. The van der Waals surface area contributed by atoms with Crippen molar-refractivity contribution in [1.82, 2.24) is 0 Å². The lowest BCUT2D eigenvalue weighted by Crippen LogP contribution is -2.10. The predicted octanol–water partition coefficient (Wildman–Crippen LogP) is 2.95. The fourth-order valence-electron chi connectivity index (χ4n) is 0.957. The zero-order valence-corrected chi connectivity index (χ0v) is 8.23. The second-order valence-corrected chi connectivity index (χ2v) is 3.00. The van der Waals surface area contributed by atoms with E-state index in [2.05, 4.69) is 19.8 Å². The number of rotatable bonds is 7. The largest absolute Gasteiger partial charge is 0.365 e. The Morgan fingerprint density at radius 3 is 2.42 bits per heavy atom. The molecule has 0 aromatic heterocycles. The van der Waals surface area contributed by atoms with Crippen LogP contribution in [0.1, 0.15) is 46.0 Å². The molecule has 0 saturated heterocycles. The quantitative estimate of drug-likeness (QED) is 0.418. The Labute approximate surface area is 76.5 Å². The summed E-state index contributed by atoms with van der Waals surface area (Å²) in [5.74, 6) is 2.42. The number of hydrogen-bond acceptors (Lipinski definition) is 1. The SMILES string of the molecule is [C]#CC(CCCC)OCCCC. The molecule has 1 atom stereocenters. The molecule has 69 valence electrons. The van der Waals surface area contributed by atoms with E-state index in [0.717, 1.165) is 38.7 Å². The molecule has 12 heavy (non-hydrogen) atoms. The first-order chi connectivity index (χ1) is 5.85. The van der Waals surface area contributed by atoms with Crippen LogP contribution in [0.15, 0.2) is 0 Å². The van der Waals surface area contributed by atoms with Crippen LogP contribution in [-0.2, 0) is 4.74 Å². The third-order valence-electron chi connectivity index (χ3n) is 1.80. The van der Waals surface area contributed by atoms with Gasteiger partial charge >= 0.3 is 0 Å². The summed E-state index contributed by atoms with van der Waals surface area (Å²) in [5.41, 5.74) is 0. The first kappa shape index (κ1) is 11.5. The lowest BCUT2D eigenvalue weighted by Gasteiger charge is -2.10. The van der Waals surface area contributed by atoms with Gasteiger partial charge in [-0.3, -0.25) is 0 Å². The lowest BCUT2D eigenvalue weighted by atomic mass is 10.2. The Balaban J connectivity index is 3.35. The van der Waals surface area contributed by atoms with Gasteiger partial charge in [0, 0.05) is 6.61 Å². The molecule has 0 amide bonds. The highest BCUT2D eigenvalue weighted by Gasteiger charge is 2.02. The van der Waals surface area contributed by atoms with Crippen molar-refractivity contribution < 1.29 is 4.74 Å². The van der Waals surface area contributed by atoms with Crippen LogP contribution >= 0.6 is 0 Å². The van der Waals surface area contributed by atoms with Gasteiger partial charge in [-0.05, 0) is 19.3 Å². The fourth-order valence-corrected chi connectivity index (χ4v) is 0.957. The zero-order valence-electron chi connectivity index (χ0n) is 8.23. The van der Waals surface area contributed by atoms with Crippen molar-refractivity contribution in [3.63, 3.8) is 0 Å². The number of unbranched alkanes of at least 4 members (excludes halogenated alkanes) is 2. The molecule has 1 radical (unpaired) electrons. The van der Waals surface area contributed by atoms with E-state index in [-0.39, 0.29) is 6.10 Å². The lowest BCUT2D eigenvalue weighted by molar-refractivity contribution is 0.0818. The second kappa shape index (κ2) is 8.62.